The van der Waals surface area contributed by atoms with E-state index in [2.05, 4.69) is 21.6 Å². The number of ether oxygens (including phenoxy) is 1. The van der Waals surface area contributed by atoms with Crippen molar-refractivity contribution in [3.63, 3.8) is 0 Å². The molecule has 0 radical (unpaired) electrons. The summed E-state index contributed by atoms with van der Waals surface area (Å²) in [5, 5.41) is 19.5. The Bertz CT molecular complexity index is 828. The molecule has 2 N–H and O–H groups in total. The van der Waals surface area contributed by atoms with Crippen LogP contribution in [0.15, 0.2) is 18.3 Å². The van der Waals surface area contributed by atoms with E-state index in [-0.39, 0.29) is 12.0 Å². The summed E-state index contributed by atoms with van der Waals surface area (Å²) >= 11 is 0. The van der Waals surface area contributed by atoms with E-state index < -0.39 is 0 Å². The van der Waals surface area contributed by atoms with E-state index >= 15 is 0 Å². The summed E-state index contributed by atoms with van der Waals surface area (Å²) in [5.74, 6) is -0.153. The van der Waals surface area contributed by atoms with Crippen molar-refractivity contribution in [1.29, 1.82) is 5.26 Å². The fourth-order valence-corrected chi connectivity index (χ4v) is 3.51. The highest BCUT2D eigenvalue weighted by molar-refractivity contribution is 5.96. The number of nitriles is 1. The van der Waals surface area contributed by atoms with Gasteiger partial charge in [0.05, 0.1) is 29.6 Å². The van der Waals surface area contributed by atoms with Crippen molar-refractivity contribution in [3.05, 3.63) is 40.6 Å². The van der Waals surface area contributed by atoms with Crippen molar-refractivity contribution in [2.24, 2.45) is 0 Å². The van der Waals surface area contributed by atoms with Crippen LogP contribution in [0.4, 0.5) is 0 Å². The smallest absolute Gasteiger partial charge is 0.251 e. The molecule has 2 heterocycles. The molecule has 6 heteroatoms. The summed E-state index contributed by atoms with van der Waals surface area (Å²) in [6.45, 7) is 1.28. The van der Waals surface area contributed by atoms with E-state index in [1.165, 1.54) is 0 Å². The molecule has 0 unspecified atom stereocenters. The van der Waals surface area contributed by atoms with E-state index in [1.54, 1.807) is 6.07 Å². The number of amides is 1. The maximum absolute atomic E-state index is 12.5. The van der Waals surface area contributed by atoms with E-state index in [4.69, 9.17) is 4.74 Å². The number of carbonyl (C=O) groups is 1. The first kappa shape index (κ1) is 14.9. The van der Waals surface area contributed by atoms with Gasteiger partial charge < -0.3 is 10.1 Å². The van der Waals surface area contributed by atoms with Gasteiger partial charge in [0.1, 0.15) is 0 Å². The van der Waals surface area contributed by atoms with Crippen LogP contribution >= 0.6 is 0 Å². The van der Waals surface area contributed by atoms with Crippen molar-refractivity contribution in [1.82, 2.24) is 15.5 Å². The van der Waals surface area contributed by atoms with Crippen LogP contribution in [0.1, 0.15) is 39.9 Å². The zero-order valence-electron chi connectivity index (χ0n) is 13.3. The lowest BCUT2D eigenvalue weighted by Crippen LogP contribution is -2.32. The Balaban J connectivity index is 1.62. The number of rotatable bonds is 3. The molecular formula is C18H18N4O2. The number of carbonyl (C=O) groups excluding carboxylic acids is 1. The standard InChI is InChI=1S/C18H18N4O2/c19-8-14-7-13(18(23)20-10-15-2-1-5-24-15)6-11-3-4-12-9-21-22-17(12)16(11)14/h6-7,9,15H,1-5,10H2,(H,20,23)(H,21,22)/t15-/m0/s1. The molecule has 1 saturated heterocycles. The number of fused-ring (bicyclic) bond motifs is 3. The molecule has 0 bridgehead atoms. The quantitative estimate of drug-likeness (QED) is 0.903. The number of aryl methyl sites for hydroxylation is 2. The Kier molecular flexibility index (Phi) is 3.79. The third kappa shape index (κ3) is 2.57. The summed E-state index contributed by atoms with van der Waals surface area (Å²) in [6.07, 6.45) is 5.62. The van der Waals surface area contributed by atoms with Crippen LogP contribution in [0.25, 0.3) is 11.3 Å². The lowest BCUT2D eigenvalue weighted by molar-refractivity contribution is 0.0857. The van der Waals surface area contributed by atoms with Crippen LogP contribution in [0.5, 0.6) is 0 Å². The highest BCUT2D eigenvalue weighted by atomic mass is 16.5. The number of nitrogens with one attached hydrogen (secondary N) is 2. The topological polar surface area (TPSA) is 90.8 Å². The first-order valence-electron chi connectivity index (χ1n) is 8.25. The first-order valence-corrected chi connectivity index (χ1v) is 8.25. The number of benzene rings is 1. The molecule has 0 spiro atoms. The Morgan fingerprint density at radius 2 is 2.29 bits per heavy atom. The summed E-state index contributed by atoms with van der Waals surface area (Å²) in [4.78, 5) is 12.5. The lowest BCUT2D eigenvalue weighted by atomic mass is 9.86. The molecule has 24 heavy (non-hydrogen) atoms. The van der Waals surface area contributed by atoms with Gasteiger partial charge in [0.15, 0.2) is 0 Å². The van der Waals surface area contributed by atoms with Gasteiger partial charge in [-0.1, -0.05) is 0 Å². The van der Waals surface area contributed by atoms with Crippen LogP contribution in [0.3, 0.4) is 0 Å². The zero-order valence-corrected chi connectivity index (χ0v) is 13.3. The van der Waals surface area contributed by atoms with Gasteiger partial charge in [-0.15, -0.1) is 0 Å². The molecule has 0 saturated carbocycles. The molecule has 2 aromatic rings. The van der Waals surface area contributed by atoms with Crippen molar-refractivity contribution in [2.45, 2.75) is 31.8 Å². The number of hydrogen-bond donors (Lipinski definition) is 2. The fourth-order valence-electron chi connectivity index (χ4n) is 3.51. The molecule has 122 valence electrons. The van der Waals surface area contributed by atoms with Crippen molar-refractivity contribution >= 4 is 5.91 Å². The maximum Gasteiger partial charge on any atom is 0.251 e. The van der Waals surface area contributed by atoms with Gasteiger partial charge >= 0.3 is 0 Å². The number of nitrogens with zero attached hydrogens (tertiary/aromatic N) is 2. The fraction of sp³-hybridized carbons (Fsp3) is 0.389. The van der Waals surface area contributed by atoms with Gasteiger partial charge in [-0.3, -0.25) is 9.89 Å². The highest BCUT2D eigenvalue weighted by Crippen LogP contribution is 2.35. The monoisotopic (exact) mass is 322 g/mol. The highest BCUT2D eigenvalue weighted by Gasteiger charge is 2.24. The molecule has 6 nitrogen and oxygen atoms in total. The van der Waals surface area contributed by atoms with E-state index in [0.29, 0.717) is 17.7 Å². The van der Waals surface area contributed by atoms with Crippen LogP contribution in [-0.4, -0.2) is 35.4 Å². The predicted octanol–water partition coefficient (Wildman–Crippen LogP) is 1.96. The van der Waals surface area contributed by atoms with Crippen LogP contribution in [0, 0.1) is 11.3 Å². The van der Waals surface area contributed by atoms with Crippen LogP contribution < -0.4 is 5.32 Å². The number of hydrogen-bond acceptors (Lipinski definition) is 4. The SMILES string of the molecule is N#Cc1cc(C(=O)NC[C@@H]2CCCO2)cc2c1-c1[nH]ncc1CC2. The third-order valence-electron chi connectivity index (χ3n) is 4.75. The Morgan fingerprint density at radius 1 is 1.42 bits per heavy atom. The molecular weight excluding hydrogens is 304 g/mol. The Morgan fingerprint density at radius 3 is 3.08 bits per heavy atom. The number of H-pyrrole nitrogens is 1. The molecule has 2 aliphatic rings. The molecule has 1 aliphatic carbocycles. The van der Waals surface area contributed by atoms with E-state index in [9.17, 15) is 10.1 Å². The minimum atomic E-state index is -0.153. The van der Waals surface area contributed by atoms with Crippen molar-refractivity contribution in [2.75, 3.05) is 13.2 Å². The minimum Gasteiger partial charge on any atom is -0.376 e. The zero-order chi connectivity index (χ0) is 16.5. The van der Waals surface area contributed by atoms with Gasteiger partial charge in [0.2, 0.25) is 0 Å². The summed E-state index contributed by atoms with van der Waals surface area (Å²) in [6, 6.07) is 5.79. The second-order valence-corrected chi connectivity index (χ2v) is 6.29. The number of aromatic nitrogens is 2. The van der Waals surface area contributed by atoms with Crippen LogP contribution in [-0.2, 0) is 17.6 Å². The second-order valence-electron chi connectivity index (χ2n) is 6.29. The van der Waals surface area contributed by atoms with Crippen molar-refractivity contribution < 1.29 is 9.53 Å². The average molecular weight is 322 g/mol. The first-order chi connectivity index (χ1) is 11.8. The maximum atomic E-state index is 12.5. The van der Waals surface area contributed by atoms with E-state index in [0.717, 1.165) is 54.7 Å². The van der Waals surface area contributed by atoms with Gasteiger partial charge in [-0.2, -0.15) is 10.4 Å². The lowest BCUT2D eigenvalue weighted by Gasteiger charge is -2.18. The number of aromatic amines is 1. The molecule has 1 aromatic carbocycles. The molecule has 1 fully saturated rings. The normalized spacial score (nSPS) is 18.5. The molecule has 1 aromatic heterocycles. The average Bonchev–Trinajstić information content (AvgIpc) is 3.29. The largest absolute Gasteiger partial charge is 0.376 e. The third-order valence-corrected chi connectivity index (χ3v) is 4.75. The summed E-state index contributed by atoms with van der Waals surface area (Å²) in [7, 11) is 0. The summed E-state index contributed by atoms with van der Waals surface area (Å²) < 4.78 is 5.53. The van der Waals surface area contributed by atoms with Gasteiger partial charge in [0, 0.05) is 24.3 Å². The molecule has 1 amide bonds. The molecule has 4 rings (SSSR count). The van der Waals surface area contributed by atoms with Crippen molar-refractivity contribution in [3.8, 4) is 17.3 Å². The molecule has 1 atom stereocenters. The minimum absolute atomic E-state index is 0.106. The van der Waals surface area contributed by atoms with Gasteiger partial charge in [-0.25, -0.2) is 0 Å². The molecule has 1 aliphatic heterocycles. The van der Waals surface area contributed by atoms with E-state index in [1.807, 2.05) is 12.3 Å². The Labute approximate surface area is 139 Å². The predicted molar refractivity (Wildman–Crippen MR) is 87.5 cm³/mol. The Hall–Kier alpha value is -2.65. The summed E-state index contributed by atoms with van der Waals surface area (Å²) in [5.41, 5.74) is 4.97. The van der Waals surface area contributed by atoms with Gasteiger partial charge in [-0.05, 0) is 48.9 Å². The van der Waals surface area contributed by atoms with Crippen LogP contribution in [0.2, 0.25) is 0 Å². The second kappa shape index (κ2) is 6.10. The van der Waals surface area contributed by atoms with Gasteiger partial charge in [0.25, 0.3) is 5.91 Å².